The fraction of sp³-hybridized carbons (Fsp3) is 0.444. The summed E-state index contributed by atoms with van der Waals surface area (Å²) in [5.74, 6) is 0.454. The van der Waals surface area contributed by atoms with Gasteiger partial charge in [0.15, 0.2) is 5.69 Å². The number of hydrogen-bond donors (Lipinski definition) is 0. The average molecular weight is 346 g/mol. The molecule has 1 aliphatic heterocycles. The van der Waals surface area contributed by atoms with Crippen LogP contribution in [0.15, 0.2) is 36.5 Å². The second-order valence-corrected chi connectivity index (χ2v) is 6.92. The molecular weight excluding hydrogens is 326 g/mol. The van der Waals surface area contributed by atoms with Crippen LogP contribution in [0.4, 0.5) is 0 Å². The van der Waals surface area contributed by atoms with Crippen molar-refractivity contribution in [2.24, 2.45) is 5.92 Å². The third-order valence-electron chi connectivity index (χ3n) is 4.63. The molecular formula is C18H20ClN3O2. The van der Waals surface area contributed by atoms with E-state index in [0.29, 0.717) is 22.7 Å². The zero-order valence-corrected chi connectivity index (χ0v) is 14.2. The van der Waals surface area contributed by atoms with Crippen LogP contribution in [-0.2, 0) is 4.74 Å². The van der Waals surface area contributed by atoms with Crippen molar-refractivity contribution < 1.29 is 9.53 Å². The standard InChI is InChI=1S/C18H20ClN3O2/c19-15-3-1-2-4-17(15)22-9-7-16(20-22)18(23)21(14-5-6-14)11-13-8-10-24-12-13/h1-4,7,9,13-14H,5-6,8,10-12H2/t13-/m0/s1. The Labute approximate surface area is 146 Å². The first-order valence-corrected chi connectivity index (χ1v) is 8.79. The molecule has 24 heavy (non-hydrogen) atoms. The Morgan fingerprint density at radius 2 is 2.12 bits per heavy atom. The minimum absolute atomic E-state index is 0.00945. The minimum Gasteiger partial charge on any atom is -0.381 e. The number of hydrogen-bond acceptors (Lipinski definition) is 3. The van der Waals surface area contributed by atoms with Gasteiger partial charge < -0.3 is 9.64 Å². The summed E-state index contributed by atoms with van der Waals surface area (Å²) in [5, 5.41) is 5.07. The van der Waals surface area contributed by atoms with Gasteiger partial charge in [0.05, 0.1) is 17.3 Å². The molecule has 1 atom stereocenters. The topological polar surface area (TPSA) is 47.4 Å². The first kappa shape index (κ1) is 15.7. The van der Waals surface area contributed by atoms with Crippen LogP contribution in [0.1, 0.15) is 29.8 Å². The van der Waals surface area contributed by atoms with E-state index in [1.54, 1.807) is 16.9 Å². The van der Waals surface area contributed by atoms with Crippen LogP contribution in [-0.4, -0.2) is 46.4 Å². The van der Waals surface area contributed by atoms with Crippen LogP contribution in [0, 0.1) is 5.92 Å². The number of para-hydroxylation sites is 1. The molecule has 1 amide bonds. The maximum absolute atomic E-state index is 12.9. The molecule has 1 saturated heterocycles. The van der Waals surface area contributed by atoms with Gasteiger partial charge in [-0.05, 0) is 37.5 Å². The minimum atomic E-state index is 0.00945. The Bertz CT molecular complexity index is 735. The van der Waals surface area contributed by atoms with Gasteiger partial charge in [-0.25, -0.2) is 4.68 Å². The Balaban J connectivity index is 1.54. The molecule has 2 aliphatic rings. The molecule has 1 aromatic heterocycles. The summed E-state index contributed by atoms with van der Waals surface area (Å²) < 4.78 is 7.11. The highest BCUT2D eigenvalue weighted by molar-refractivity contribution is 6.32. The van der Waals surface area contributed by atoms with Crippen LogP contribution in [0.2, 0.25) is 5.02 Å². The normalized spacial score (nSPS) is 20.3. The van der Waals surface area contributed by atoms with Crippen LogP contribution in [0.5, 0.6) is 0 Å². The molecule has 1 aromatic carbocycles. The van der Waals surface area contributed by atoms with Crippen molar-refractivity contribution in [1.82, 2.24) is 14.7 Å². The van der Waals surface area contributed by atoms with Crippen molar-refractivity contribution >= 4 is 17.5 Å². The summed E-state index contributed by atoms with van der Waals surface area (Å²) in [7, 11) is 0. The van der Waals surface area contributed by atoms with Gasteiger partial charge >= 0.3 is 0 Å². The summed E-state index contributed by atoms with van der Waals surface area (Å²) in [5.41, 5.74) is 1.25. The van der Waals surface area contributed by atoms with Crippen LogP contribution < -0.4 is 0 Å². The highest BCUT2D eigenvalue weighted by Gasteiger charge is 2.36. The maximum atomic E-state index is 12.9. The zero-order valence-electron chi connectivity index (χ0n) is 13.4. The molecule has 2 heterocycles. The first-order valence-electron chi connectivity index (χ1n) is 8.41. The van der Waals surface area contributed by atoms with E-state index >= 15 is 0 Å². The molecule has 1 aliphatic carbocycles. The van der Waals surface area contributed by atoms with E-state index in [0.717, 1.165) is 44.7 Å². The molecule has 2 fully saturated rings. The lowest BCUT2D eigenvalue weighted by Crippen LogP contribution is -2.37. The number of nitrogens with zero attached hydrogens (tertiary/aromatic N) is 3. The number of amides is 1. The Morgan fingerprint density at radius 3 is 2.83 bits per heavy atom. The number of carbonyl (C=O) groups excluding carboxylic acids is 1. The van der Waals surface area contributed by atoms with Crippen molar-refractivity contribution in [3.8, 4) is 5.69 Å². The number of ether oxygens (including phenoxy) is 1. The number of benzene rings is 1. The van der Waals surface area contributed by atoms with Gasteiger partial charge in [-0.3, -0.25) is 4.79 Å². The number of rotatable bonds is 5. The molecule has 0 radical (unpaired) electrons. The molecule has 5 nitrogen and oxygen atoms in total. The third-order valence-corrected chi connectivity index (χ3v) is 4.95. The average Bonchev–Trinajstić information content (AvgIpc) is 3.10. The molecule has 126 valence electrons. The lowest BCUT2D eigenvalue weighted by molar-refractivity contribution is 0.0700. The van der Waals surface area contributed by atoms with Crippen molar-refractivity contribution in [1.29, 1.82) is 0 Å². The van der Waals surface area contributed by atoms with Crippen LogP contribution in [0.3, 0.4) is 0 Å². The Morgan fingerprint density at radius 1 is 1.29 bits per heavy atom. The first-order chi connectivity index (χ1) is 11.7. The predicted molar refractivity (Wildman–Crippen MR) is 91.6 cm³/mol. The zero-order chi connectivity index (χ0) is 16.5. The number of halogens is 1. The maximum Gasteiger partial charge on any atom is 0.274 e. The summed E-state index contributed by atoms with van der Waals surface area (Å²) in [6.07, 6.45) is 5.00. The monoisotopic (exact) mass is 345 g/mol. The van der Waals surface area contributed by atoms with Crippen molar-refractivity contribution in [2.45, 2.75) is 25.3 Å². The van der Waals surface area contributed by atoms with Crippen molar-refractivity contribution in [2.75, 3.05) is 19.8 Å². The molecule has 4 rings (SSSR count). The van der Waals surface area contributed by atoms with Gasteiger partial charge in [0.2, 0.25) is 0 Å². The second-order valence-electron chi connectivity index (χ2n) is 6.52. The van der Waals surface area contributed by atoms with E-state index in [1.807, 2.05) is 29.2 Å². The van der Waals surface area contributed by atoms with E-state index in [2.05, 4.69) is 5.10 Å². The van der Waals surface area contributed by atoms with Crippen molar-refractivity contribution in [3.63, 3.8) is 0 Å². The molecule has 0 bridgehead atoms. The smallest absolute Gasteiger partial charge is 0.274 e. The van der Waals surface area contributed by atoms with E-state index in [-0.39, 0.29) is 5.91 Å². The van der Waals surface area contributed by atoms with E-state index < -0.39 is 0 Å². The highest BCUT2D eigenvalue weighted by Crippen LogP contribution is 2.30. The predicted octanol–water partition coefficient (Wildman–Crippen LogP) is 3.17. The molecule has 6 heteroatoms. The van der Waals surface area contributed by atoms with E-state index in [1.165, 1.54) is 0 Å². The van der Waals surface area contributed by atoms with Gasteiger partial charge in [-0.1, -0.05) is 23.7 Å². The van der Waals surface area contributed by atoms with Gasteiger partial charge in [0, 0.05) is 31.3 Å². The van der Waals surface area contributed by atoms with Gasteiger partial charge in [0.1, 0.15) is 0 Å². The number of aromatic nitrogens is 2. The largest absolute Gasteiger partial charge is 0.381 e. The van der Waals surface area contributed by atoms with Gasteiger partial charge in [-0.15, -0.1) is 0 Å². The molecule has 0 unspecified atom stereocenters. The summed E-state index contributed by atoms with van der Waals surface area (Å²) in [6.45, 7) is 2.32. The fourth-order valence-electron chi connectivity index (χ4n) is 3.15. The highest BCUT2D eigenvalue weighted by atomic mass is 35.5. The van der Waals surface area contributed by atoms with Crippen LogP contribution in [0.25, 0.3) is 5.69 Å². The lowest BCUT2D eigenvalue weighted by Gasteiger charge is -2.24. The molecule has 0 spiro atoms. The van der Waals surface area contributed by atoms with Gasteiger partial charge in [0.25, 0.3) is 5.91 Å². The van der Waals surface area contributed by atoms with E-state index in [9.17, 15) is 4.79 Å². The third kappa shape index (κ3) is 3.19. The quantitative estimate of drug-likeness (QED) is 0.836. The molecule has 2 aromatic rings. The Hall–Kier alpha value is -1.85. The second kappa shape index (κ2) is 6.57. The fourth-order valence-corrected chi connectivity index (χ4v) is 3.37. The van der Waals surface area contributed by atoms with Gasteiger partial charge in [-0.2, -0.15) is 5.10 Å². The Kier molecular flexibility index (Phi) is 4.29. The molecule has 1 saturated carbocycles. The summed E-state index contributed by atoms with van der Waals surface area (Å²) in [4.78, 5) is 14.9. The molecule has 0 N–H and O–H groups in total. The summed E-state index contributed by atoms with van der Waals surface area (Å²) in [6, 6.07) is 9.62. The lowest BCUT2D eigenvalue weighted by atomic mass is 10.1. The SMILES string of the molecule is O=C(c1ccn(-c2ccccc2Cl)n1)N(C[C@@H]1CCOC1)C1CC1. The number of carbonyl (C=O) groups is 1. The van der Waals surface area contributed by atoms with Crippen LogP contribution >= 0.6 is 11.6 Å². The summed E-state index contributed by atoms with van der Waals surface area (Å²) >= 11 is 6.21. The van der Waals surface area contributed by atoms with Crippen molar-refractivity contribution in [3.05, 3.63) is 47.2 Å². The van der Waals surface area contributed by atoms with E-state index in [4.69, 9.17) is 16.3 Å².